The Balaban J connectivity index is 2.28. The highest BCUT2D eigenvalue weighted by atomic mass is 79.9. The molecule has 0 atom stereocenters. The molecule has 2 aliphatic rings. The summed E-state index contributed by atoms with van der Waals surface area (Å²) < 4.78 is 6.72. The lowest BCUT2D eigenvalue weighted by atomic mass is 9.83. The molecule has 0 aliphatic heterocycles. The van der Waals surface area contributed by atoms with Crippen LogP contribution in [0.2, 0.25) is 0 Å². The first-order chi connectivity index (χ1) is 9.64. The molecular formula is C16H18BrNO2. The summed E-state index contributed by atoms with van der Waals surface area (Å²) in [6, 6.07) is 0. The second kappa shape index (κ2) is 5.01. The standard InChI is InChI=1S/C16H18BrNO2/c1-10-11-5-3-4-6-12(11)14(17)15(20-2)13(10)16(7-8-16)18-9-19/h3-8H2,1-2H3. The average molecular weight is 336 g/mol. The first kappa shape index (κ1) is 13.8. The van der Waals surface area contributed by atoms with E-state index in [0.717, 1.165) is 41.5 Å². The van der Waals surface area contributed by atoms with Gasteiger partial charge in [-0.15, -0.1) is 0 Å². The molecule has 4 heteroatoms. The summed E-state index contributed by atoms with van der Waals surface area (Å²) in [7, 11) is 1.69. The van der Waals surface area contributed by atoms with Gasteiger partial charge in [-0.3, -0.25) is 0 Å². The van der Waals surface area contributed by atoms with Crippen LogP contribution in [0.3, 0.4) is 0 Å². The first-order valence-electron chi connectivity index (χ1n) is 7.12. The molecule has 0 saturated heterocycles. The van der Waals surface area contributed by atoms with E-state index < -0.39 is 0 Å². The van der Waals surface area contributed by atoms with Gasteiger partial charge in [0, 0.05) is 5.56 Å². The van der Waals surface area contributed by atoms with E-state index in [1.54, 1.807) is 13.2 Å². The van der Waals surface area contributed by atoms with Crippen molar-refractivity contribution in [1.82, 2.24) is 0 Å². The first-order valence-corrected chi connectivity index (χ1v) is 7.91. The molecule has 1 saturated carbocycles. The van der Waals surface area contributed by atoms with Gasteiger partial charge in [0.2, 0.25) is 6.08 Å². The highest BCUT2D eigenvalue weighted by molar-refractivity contribution is 9.10. The van der Waals surface area contributed by atoms with E-state index in [1.807, 2.05) is 0 Å². The van der Waals surface area contributed by atoms with Gasteiger partial charge in [0.15, 0.2) is 0 Å². The van der Waals surface area contributed by atoms with Crippen molar-refractivity contribution in [3.8, 4) is 5.75 Å². The molecule has 1 fully saturated rings. The normalized spacial score (nSPS) is 18.9. The van der Waals surface area contributed by atoms with Gasteiger partial charge >= 0.3 is 0 Å². The summed E-state index contributed by atoms with van der Waals surface area (Å²) in [5, 5.41) is 0. The Hall–Kier alpha value is -1.12. The predicted molar refractivity (Wildman–Crippen MR) is 81.1 cm³/mol. The molecule has 1 aromatic rings. The highest BCUT2D eigenvalue weighted by Crippen LogP contribution is 2.56. The van der Waals surface area contributed by atoms with Gasteiger partial charge in [0.1, 0.15) is 11.3 Å². The van der Waals surface area contributed by atoms with Crippen LogP contribution in [0, 0.1) is 6.92 Å². The molecule has 1 aromatic carbocycles. The molecule has 0 unspecified atom stereocenters. The Kier molecular flexibility index (Phi) is 3.47. The molecule has 3 nitrogen and oxygen atoms in total. The van der Waals surface area contributed by atoms with Crippen molar-refractivity contribution in [2.45, 2.75) is 51.0 Å². The Labute approximate surface area is 127 Å². The van der Waals surface area contributed by atoms with Gasteiger partial charge in [-0.05, 0) is 78.1 Å². The van der Waals surface area contributed by atoms with Gasteiger partial charge in [-0.25, -0.2) is 4.79 Å². The van der Waals surface area contributed by atoms with Gasteiger partial charge in [0.25, 0.3) is 0 Å². The van der Waals surface area contributed by atoms with Crippen molar-refractivity contribution in [2.24, 2.45) is 4.99 Å². The summed E-state index contributed by atoms with van der Waals surface area (Å²) in [4.78, 5) is 14.9. The molecule has 20 heavy (non-hydrogen) atoms. The summed E-state index contributed by atoms with van der Waals surface area (Å²) in [6.45, 7) is 2.15. The zero-order valence-electron chi connectivity index (χ0n) is 11.9. The largest absolute Gasteiger partial charge is 0.495 e. The quantitative estimate of drug-likeness (QED) is 0.619. The van der Waals surface area contributed by atoms with Crippen molar-refractivity contribution >= 4 is 22.0 Å². The fourth-order valence-electron chi connectivity index (χ4n) is 3.50. The van der Waals surface area contributed by atoms with Crippen LogP contribution in [-0.2, 0) is 23.2 Å². The summed E-state index contributed by atoms with van der Waals surface area (Å²) in [5.41, 5.74) is 4.77. The zero-order chi connectivity index (χ0) is 14.3. The van der Waals surface area contributed by atoms with E-state index in [4.69, 9.17) is 4.74 Å². The third-order valence-corrected chi connectivity index (χ3v) is 5.48. The number of hydrogen-bond acceptors (Lipinski definition) is 3. The van der Waals surface area contributed by atoms with Crippen molar-refractivity contribution in [2.75, 3.05) is 7.11 Å². The van der Waals surface area contributed by atoms with Crippen LogP contribution < -0.4 is 4.74 Å². The van der Waals surface area contributed by atoms with E-state index in [1.165, 1.54) is 29.5 Å². The molecule has 0 amide bonds. The summed E-state index contributed by atoms with van der Waals surface area (Å²) in [5.74, 6) is 0.861. The third-order valence-electron chi connectivity index (χ3n) is 4.64. The number of aliphatic imine (C=N–C) groups is 1. The van der Waals surface area contributed by atoms with Crippen LogP contribution in [0.15, 0.2) is 9.47 Å². The number of isocyanates is 1. The fraction of sp³-hybridized carbons (Fsp3) is 0.562. The van der Waals surface area contributed by atoms with Crippen molar-refractivity contribution in [1.29, 1.82) is 0 Å². The lowest BCUT2D eigenvalue weighted by Crippen LogP contribution is -2.15. The number of hydrogen-bond donors (Lipinski definition) is 0. The van der Waals surface area contributed by atoms with Gasteiger partial charge in [-0.2, -0.15) is 4.99 Å². The lowest BCUT2D eigenvalue weighted by molar-refractivity contribution is 0.399. The average Bonchev–Trinajstić information content (AvgIpc) is 3.23. The second-order valence-corrected chi connectivity index (χ2v) is 6.54. The number of ether oxygens (including phenoxy) is 1. The van der Waals surface area contributed by atoms with Crippen LogP contribution in [0.1, 0.15) is 47.9 Å². The zero-order valence-corrected chi connectivity index (χ0v) is 13.5. The van der Waals surface area contributed by atoms with E-state index in [-0.39, 0.29) is 5.54 Å². The van der Waals surface area contributed by atoms with Crippen LogP contribution in [-0.4, -0.2) is 13.2 Å². The topological polar surface area (TPSA) is 38.7 Å². The SMILES string of the molecule is COc1c(Br)c2c(c(C)c1C1(N=C=O)CC1)CCCC2. The Morgan fingerprint density at radius 1 is 1.25 bits per heavy atom. The van der Waals surface area contributed by atoms with Crippen molar-refractivity contribution in [3.05, 3.63) is 26.7 Å². The lowest BCUT2D eigenvalue weighted by Gasteiger charge is -2.27. The minimum atomic E-state index is -0.383. The van der Waals surface area contributed by atoms with E-state index >= 15 is 0 Å². The Morgan fingerprint density at radius 2 is 1.90 bits per heavy atom. The Morgan fingerprint density at radius 3 is 2.45 bits per heavy atom. The summed E-state index contributed by atoms with van der Waals surface area (Å²) in [6.07, 6.45) is 8.23. The number of methoxy groups -OCH3 is 1. The van der Waals surface area contributed by atoms with Gasteiger partial charge in [0.05, 0.1) is 11.6 Å². The maximum atomic E-state index is 10.8. The van der Waals surface area contributed by atoms with Crippen LogP contribution in [0.25, 0.3) is 0 Å². The maximum absolute atomic E-state index is 10.8. The molecule has 0 radical (unpaired) electrons. The maximum Gasteiger partial charge on any atom is 0.235 e. The molecule has 0 N–H and O–H groups in total. The number of carbonyl (C=O) groups excluding carboxylic acids is 1. The predicted octanol–water partition coefficient (Wildman–Crippen LogP) is 3.97. The number of halogens is 1. The number of benzene rings is 1. The van der Waals surface area contributed by atoms with Crippen LogP contribution in [0.4, 0.5) is 0 Å². The van der Waals surface area contributed by atoms with Crippen molar-refractivity contribution in [3.63, 3.8) is 0 Å². The van der Waals surface area contributed by atoms with Crippen molar-refractivity contribution < 1.29 is 9.53 Å². The fourth-order valence-corrected chi connectivity index (χ4v) is 4.30. The number of rotatable bonds is 3. The molecule has 0 heterocycles. The van der Waals surface area contributed by atoms with E-state index in [2.05, 4.69) is 27.8 Å². The van der Waals surface area contributed by atoms with Gasteiger partial charge in [-0.1, -0.05) is 0 Å². The molecular weight excluding hydrogens is 318 g/mol. The number of fused-ring (bicyclic) bond motifs is 1. The minimum Gasteiger partial charge on any atom is -0.495 e. The van der Waals surface area contributed by atoms with Crippen LogP contribution in [0.5, 0.6) is 5.75 Å². The Bertz CT molecular complexity index is 614. The minimum absolute atomic E-state index is 0.383. The molecule has 2 aliphatic carbocycles. The molecule has 0 bridgehead atoms. The van der Waals surface area contributed by atoms with Crippen LogP contribution >= 0.6 is 15.9 Å². The number of nitrogens with zero attached hydrogens (tertiary/aromatic N) is 1. The molecule has 106 valence electrons. The van der Waals surface area contributed by atoms with E-state index in [9.17, 15) is 4.79 Å². The third kappa shape index (κ3) is 1.94. The molecule has 0 aromatic heterocycles. The highest BCUT2D eigenvalue weighted by Gasteiger charge is 2.49. The smallest absolute Gasteiger partial charge is 0.235 e. The second-order valence-electron chi connectivity index (χ2n) is 5.75. The molecule has 0 spiro atoms. The van der Waals surface area contributed by atoms with Gasteiger partial charge < -0.3 is 4.74 Å². The van der Waals surface area contributed by atoms with E-state index in [0.29, 0.717) is 0 Å². The molecule has 3 rings (SSSR count). The summed E-state index contributed by atoms with van der Waals surface area (Å²) >= 11 is 3.72. The monoisotopic (exact) mass is 335 g/mol.